The lowest BCUT2D eigenvalue weighted by Gasteiger charge is -2.24. The first-order chi connectivity index (χ1) is 17.0. The van der Waals surface area contributed by atoms with Gasteiger partial charge in [-0.15, -0.1) is 0 Å². The lowest BCUT2D eigenvalue weighted by atomic mass is 10.0. The van der Waals surface area contributed by atoms with Gasteiger partial charge in [0, 0.05) is 22.7 Å². The van der Waals surface area contributed by atoms with Crippen LogP contribution in [0.4, 0.5) is 5.69 Å². The SMILES string of the molecule is Cc1cc2ccccc2nc1-c1ccc(N(Cc2ccccc2)C(=O)c2ccc(O)cc2O)cc1. The van der Waals surface area contributed by atoms with Crippen LogP contribution in [0.5, 0.6) is 11.5 Å². The fraction of sp³-hybridized carbons (Fsp3) is 0.0667. The van der Waals surface area contributed by atoms with Crippen LogP contribution in [-0.4, -0.2) is 21.1 Å². The lowest BCUT2D eigenvalue weighted by molar-refractivity contribution is 0.0982. The minimum atomic E-state index is -0.362. The summed E-state index contributed by atoms with van der Waals surface area (Å²) in [4.78, 5) is 20.0. The number of anilines is 1. The van der Waals surface area contributed by atoms with Gasteiger partial charge in [-0.3, -0.25) is 4.79 Å². The normalized spacial score (nSPS) is 10.9. The maximum atomic E-state index is 13.5. The highest BCUT2D eigenvalue weighted by Crippen LogP contribution is 2.30. The van der Waals surface area contributed by atoms with Gasteiger partial charge in [-0.05, 0) is 54.4 Å². The van der Waals surface area contributed by atoms with Gasteiger partial charge in [0.2, 0.25) is 0 Å². The number of amides is 1. The van der Waals surface area contributed by atoms with Gasteiger partial charge in [-0.2, -0.15) is 0 Å². The Hall–Kier alpha value is -4.64. The van der Waals surface area contributed by atoms with E-state index in [2.05, 4.69) is 6.07 Å². The van der Waals surface area contributed by atoms with Crippen molar-refractivity contribution in [1.82, 2.24) is 4.98 Å². The van der Waals surface area contributed by atoms with E-state index < -0.39 is 0 Å². The molecule has 172 valence electrons. The molecule has 0 spiro atoms. The molecule has 0 saturated carbocycles. The van der Waals surface area contributed by atoms with Gasteiger partial charge in [0.1, 0.15) is 11.5 Å². The van der Waals surface area contributed by atoms with Crippen LogP contribution in [0.2, 0.25) is 0 Å². The number of para-hydroxylation sites is 1. The first-order valence-corrected chi connectivity index (χ1v) is 11.3. The summed E-state index contributed by atoms with van der Waals surface area (Å²) in [5, 5.41) is 21.1. The second-order valence-corrected chi connectivity index (χ2v) is 8.47. The fourth-order valence-electron chi connectivity index (χ4n) is 4.21. The zero-order valence-electron chi connectivity index (χ0n) is 19.2. The van der Waals surface area contributed by atoms with Crippen LogP contribution < -0.4 is 4.90 Å². The van der Waals surface area contributed by atoms with Crippen LogP contribution in [-0.2, 0) is 6.54 Å². The Balaban J connectivity index is 1.53. The third-order valence-corrected chi connectivity index (χ3v) is 6.01. The van der Waals surface area contributed by atoms with Crippen LogP contribution in [0, 0.1) is 6.92 Å². The number of aromatic nitrogens is 1. The topological polar surface area (TPSA) is 73.7 Å². The lowest BCUT2D eigenvalue weighted by Crippen LogP contribution is -2.30. The molecule has 5 nitrogen and oxygen atoms in total. The molecule has 0 fully saturated rings. The van der Waals surface area contributed by atoms with E-state index in [0.29, 0.717) is 12.2 Å². The van der Waals surface area contributed by atoms with Gasteiger partial charge in [-0.25, -0.2) is 4.98 Å². The minimum Gasteiger partial charge on any atom is -0.508 e. The number of nitrogens with zero attached hydrogens (tertiary/aromatic N) is 2. The monoisotopic (exact) mass is 460 g/mol. The average Bonchev–Trinajstić information content (AvgIpc) is 2.87. The van der Waals surface area contributed by atoms with Crippen molar-refractivity contribution < 1.29 is 15.0 Å². The Bertz CT molecular complexity index is 1510. The molecule has 0 radical (unpaired) electrons. The Kier molecular flexibility index (Phi) is 5.90. The Morgan fingerprint density at radius 3 is 2.29 bits per heavy atom. The van der Waals surface area contributed by atoms with Gasteiger partial charge in [0.05, 0.1) is 23.3 Å². The quantitative estimate of drug-likeness (QED) is 0.315. The molecule has 0 unspecified atom stereocenters. The molecular weight excluding hydrogens is 436 g/mol. The summed E-state index contributed by atoms with van der Waals surface area (Å²) >= 11 is 0. The largest absolute Gasteiger partial charge is 0.508 e. The van der Waals surface area contributed by atoms with Gasteiger partial charge >= 0.3 is 0 Å². The first-order valence-electron chi connectivity index (χ1n) is 11.3. The molecule has 0 bridgehead atoms. The number of hydrogen-bond acceptors (Lipinski definition) is 4. The van der Waals surface area contributed by atoms with Crippen molar-refractivity contribution in [3.8, 4) is 22.8 Å². The second kappa shape index (κ2) is 9.31. The standard InChI is InChI=1S/C30H24N2O3/c1-20-17-23-9-5-6-10-27(23)31-29(20)22-11-13-24(14-12-22)32(19-21-7-3-2-4-8-21)30(35)26-16-15-25(33)18-28(26)34/h2-18,33-34H,19H2,1H3. The molecular formula is C30H24N2O3. The Labute approximate surface area is 203 Å². The Morgan fingerprint density at radius 2 is 1.54 bits per heavy atom. The Morgan fingerprint density at radius 1 is 0.829 bits per heavy atom. The molecule has 35 heavy (non-hydrogen) atoms. The van der Waals surface area contributed by atoms with Crippen molar-refractivity contribution in [2.75, 3.05) is 4.90 Å². The van der Waals surface area contributed by atoms with E-state index in [1.807, 2.05) is 85.8 Å². The predicted octanol–water partition coefficient (Wildman–Crippen LogP) is 6.47. The highest BCUT2D eigenvalue weighted by atomic mass is 16.3. The summed E-state index contributed by atoms with van der Waals surface area (Å²) in [5.74, 6) is -0.726. The van der Waals surface area contributed by atoms with Gasteiger partial charge in [-0.1, -0.05) is 60.7 Å². The van der Waals surface area contributed by atoms with Gasteiger partial charge < -0.3 is 15.1 Å². The highest BCUT2D eigenvalue weighted by Gasteiger charge is 2.22. The number of fused-ring (bicyclic) bond motifs is 1. The molecule has 1 aromatic heterocycles. The van der Waals surface area contributed by atoms with Crippen molar-refractivity contribution in [2.45, 2.75) is 13.5 Å². The molecule has 5 heteroatoms. The van der Waals surface area contributed by atoms with E-state index in [0.717, 1.165) is 33.3 Å². The summed E-state index contributed by atoms with van der Waals surface area (Å²) in [7, 11) is 0. The summed E-state index contributed by atoms with van der Waals surface area (Å²) in [6.07, 6.45) is 0. The third-order valence-electron chi connectivity index (χ3n) is 6.01. The summed E-state index contributed by atoms with van der Waals surface area (Å²) in [6, 6.07) is 31.5. The van der Waals surface area contributed by atoms with Crippen molar-refractivity contribution >= 4 is 22.5 Å². The number of phenolic OH excluding ortho intramolecular Hbond substituents is 2. The molecule has 0 aliphatic rings. The molecule has 0 aliphatic carbocycles. The number of rotatable bonds is 5. The van der Waals surface area contributed by atoms with Crippen LogP contribution >= 0.6 is 0 Å². The van der Waals surface area contributed by atoms with E-state index in [9.17, 15) is 15.0 Å². The van der Waals surface area contributed by atoms with Crippen molar-refractivity contribution in [3.63, 3.8) is 0 Å². The zero-order valence-corrected chi connectivity index (χ0v) is 19.2. The number of carbonyl (C=O) groups is 1. The molecule has 0 atom stereocenters. The van der Waals surface area contributed by atoms with Crippen LogP contribution in [0.3, 0.4) is 0 Å². The summed E-state index contributed by atoms with van der Waals surface area (Å²) in [5.41, 5.74) is 5.62. The number of aromatic hydroxyl groups is 2. The summed E-state index contributed by atoms with van der Waals surface area (Å²) < 4.78 is 0. The number of phenols is 2. The third kappa shape index (κ3) is 4.57. The van der Waals surface area contributed by atoms with Gasteiger partial charge in [0.15, 0.2) is 0 Å². The van der Waals surface area contributed by atoms with Crippen LogP contribution in [0.1, 0.15) is 21.5 Å². The molecule has 1 heterocycles. The first kappa shape index (κ1) is 22.2. The van der Waals surface area contributed by atoms with E-state index in [4.69, 9.17) is 4.98 Å². The molecule has 0 aliphatic heterocycles. The highest BCUT2D eigenvalue weighted by molar-refractivity contribution is 6.08. The molecule has 2 N–H and O–H groups in total. The molecule has 5 rings (SSSR count). The second-order valence-electron chi connectivity index (χ2n) is 8.47. The maximum absolute atomic E-state index is 13.5. The van der Waals surface area contributed by atoms with Crippen molar-refractivity contribution in [3.05, 3.63) is 120 Å². The van der Waals surface area contributed by atoms with Crippen LogP contribution in [0.25, 0.3) is 22.2 Å². The molecule has 5 aromatic rings. The number of aryl methyl sites for hydroxylation is 1. The average molecular weight is 461 g/mol. The maximum Gasteiger partial charge on any atom is 0.262 e. The number of hydrogen-bond donors (Lipinski definition) is 2. The fourth-order valence-corrected chi connectivity index (χ4v) is 4.21. The molecule has 1 amide bonds. The van der Waals surface area contributed by atoms with Gasteiger partial charge in [0.25, 0.3) is 5.91 Å². The summed E-state index contributed by atoms with van der Waals surface area (Å²) in [6.45, 7) is 2.37. The van der Waals surface area contributed by atoms with E-state index in [-0.39, 0.29) is 23.0 Å². The van der Waals surface area contributed by atoms with Crippen molar-refractivity contribution in [1.29, 1.82) is 0 Å². The molecule has 4 aromatic carbocycles. The minimum absolute atomic E-state index is 0.101. The van der Waals surface area contributed by atoms with Crippen LogP contribution in [0.15, 0.2) is 103 Å². The smallest absolute Gasteiger partial charge is 0.262 e. The van der Waals surface area contributed by atoms with E-state index >= 15 is 0 Å². The van der Waals surface area contributed by atoms with Crippen molar-refractivity contribution in [2.24, 2.45) is 0 Å². The number of benzene rings is 4. The zero-order chi connectivity index (χ0) is 24.4. The van der Waals surface area contributed by atoms with E-state index in [1.54, 1.807) is 4.90 Å². The number of pyridine rings is 1. The predicted molar refractivity (Wildman–Crippen MR) is 139 cm³/mol. The molecule has 0 saturated heterocycles. The number of carbonyl (C=O) groups excluding carboxylic acids is 1. The van der Waals surface area contributed by atoms with E-state index in [1.165, 1.54) is 18.2 Å².